The largest absolute Gasteiger partial charge is 0.326 e. The minimum atomic E-state index is -0.273. The van der Waals surface area contributed by atoms with Crippen molar-refractivity contribution < 1.29 is 4.79 Å². The van der Waals surface area contributed by atoms with E-state index in [2.05, 4.69) is 43.4 Å². The van der Waals surface area contributed by atoms with Gasteiger partial charge in [-0.3, -0.25) is 9.78 Å². The first-order valence-corrected chi connectivity index (χ1v) is 10.1. The Morgan fingerprint density at radius 2 is 1.90 bits per heavy atom. The highest BCUT2D eigenvalue weighted by Gasteiger charge is 2.21. The molecule has 0 bridgehead atoms. The van der Waals surface area contributed by atoms with Crippen LogP contribution in [0, 0.1) is 6.92 Å². The molecule has 6 nitrogen and oxygen atoms in total. The van der Waals surface area contributed by atoms with Gasteiger partial charge in [-0.25, -0.2) is 9.97 Å². The predicted molar refractivity (Wildman–Crippen MR) is 118 cm³/mol. The highest BCUT2D eigenvalue weighted by molar-refractivity contribution is 6.07. The van der Waals surface area contributed by atoms with E-state index >= 15 is 0 Å². The molecule has 3 heterocycles. The number of carbonyl (C=O) groups is 1. The number of anilines is 3. The molecule has 0 aliphatic carbocycles. The lowest BCUT2D eigenvalue weighted by atomic mass is 10.0. The summed E-state index contributed by atoms with van der Waals surface area (Å²) in [6.45, 7) is 2.68. The summed E-state index contributed by atoms with van der Waals surface area (Å²) in [7, 11) is 0. The van der Waals surface area contributed by atoms with Crippen LogP contribution in [0.5, 0.6) is 0 Å². The smallest absolute Gasteiger partial charge is 0.274 e. The second-order valence-corrected chi connectivity index (χ2v) is 7.38. The van der Waals surface area contributed by atoms with Crippen molar-refractivity contribution >= 4 is 34.0 Å². The van der Waals surface area contributed by atoms with E-state index < -0.39 is 0 Å². The zero-order valence-corrected chi connectivity index (χ0v) is 16.7. The minimum absolute atomic E-state index is 0.273. The van der Waals surface area contributed by atoms with Crippen LogP contribution in [0.1, 0.15) is 28.3 Å². The summed E-state index contributed by atoms with van der Waals surface area (Å²) in [6, 6.07) is 19.7. The Morgan fingerprint density at radius 1 is 1.03 bits per heavy atom. The molecule has 1 aliphatic heterocycles. The number of nitrogens with one attached hydrogen (secondary N) is 1. The summed E-state index contributed by atoms with van der Waals surface area (Å²) in [6.07, 6.45) is 3.82. The third-order valence-corrected chi connectivity index (χ3v) is 5.32. The molecule has 0 unspecified atom stereocenters. The summed E-state index contributed by atoms with van der Waals surface area (Å²) in [5.41, 5.74) is 4.20. The van der Waals surface area contributed by atoms with Gasteiger partial charge in [0.05, 0.1) is 11.2 Å². The van der Waals surface area contributed by atoms with Crippen molar-refractivity contribution in [2.24, 2.45) is 0 Å². The molecule has 2 aromatic heterocycles. The number of aryl methyl sites for hydroxylation is 2. The maximum atomic E-state index is 13.0. The molecule has 0 atom stereocenters. The van der Waals surface area contributed by atoms with E-state index in [0.29, 0.717) is 17.2 Å². The van der Waals surface area contributed by atoms with Gasteiger partial charge < -0.3 is 10.2 Å². The van der Waals surface area contributed by atoms with E-state index in [-0.39, 0.29) is 5.91 Å². The van der Waals surface area contributed by atoms with Crippen LogP contribution in [0.2, 0.25) is 0 Å². The monoisotopic (exact) mass is 395 g/mol. The molecule has 0 saturated heterocycles. The van der Waals surface area contributed by atoms with Gasteiger partial charge in [0, 0.05) is 29.9 Å². The first kappa shape index (κ1) is 18.2. The van der Waals surface area contributed by atoms with Gasteiger partial charge >= 0.3 is 0 Å². The fourth-order valence-electron chi connectivity index (χ4n) is 3.97. The highest BCUT2D eigenvalue weighted by Crippen LogP contribution is 2.32. The van der Waals surface area contributed by atoms with Crippen LogP contribution < -0.4 is 10.2 Å². The molecule has 0 spiro atoms. The summed E-state index contributed by atoms with van der Waals surface area (Å²) < 4.78 is 0. The molecular formula is C24H21N5O. The molecule has 2 aromatic carbocycles. The Balaban J connectivity index is 1.49. The number of fused-ring (bicyclic) bond motifs is 2. The highest BCUT2D eigenvalue weighted by atomic mass is 16.1. The number of benzene rings is 2. The van der Waals surface area contributed by atoms with Gasteiger partial charge in [-0.05, 0) is 43.5 Å². The third kappa shape index (κ3) is 3.37. The molecule has 1 N–H and O–H groups in total. The molecule has 1 amide bonds. The molecule has 1 aliphatic rings. The van der Waals surface area contributed by atoms with E-state index in [1.807, 2.05) is 43.3 Å². The van der Waals surface area contributed by atoms with Crippen LogP contribution in [0.3, 0.4) is 0 Å². The van der Waals surface area contributed by atoms with Crippen molar-refractivity contribution in [3.63, 3.8) is 0 Å². The lowest BCUT2D eigenvalue weighted by Crippen LogP contribution is -2.26. The normalized spacial score (nSPS) is 13.2. The zero-order valence-electron chi connectivity index (χ0n) is 16.7. The molecule has 0 fully saturated rings. The van der Waals surface area contributed by atoms with Gasteiger partial charge in [0.1, 0.15) is 17.3 Å². The van der Waals surface area contributed by atoms with Gasteiger partial charge in [-0.15, -0.1) is 0 Å². The quantitative estimate of drug-likeness (QED) is 0.546. The Morgan fingerprint density at radius 3 is 2.83 bits per heavy atom. The number of rotatable bonds is 3. The van der Waals surface area contributed by atoms with E-state index in [1.165, 1.54) is 5.56 Å². The topological polar surface area (TPSA) is 71.0 Å². The molecule has 148 valence electrons. The summed E-state index contributed by atoms with van der Waals surface area (Å²) in [5.74, 6) is 1.04. The Hall–Kier alpha value is -3.80. The second kappa shape index (κ2) is 7.55. The van der Waals surface area contributed by atoms with Crippen molar-refractivity contribution in [3.05, 3.63) is 83.9 Å². The molecule has 4 aromatic rings. The fourth-order valence-corrected chi connectivity index (χ4v) is 3.97. The number of para-hydroxylation sites is 2. The Bertz CT molecular complexity index is 1250. The first-order chi connectivity index (χ1) is 14.7. The predicted octanol–water partition coefficient (Wildman–Crippen LogP) is 4.67. The second-order valence-electron chi connectivity index (χ2n) is 7.38. The fraction of sp³-hybridized carbons (Fsp3) is 0.167. The molecule has 30 heavy (non-hydrogen) atoms. The van der Waals surface area contributed by atoms with Gasteiger partial charge in [-0.2, -0.15) is 0 Å². The number of hydrogen-bond donors (Lipinski definition) is 1. The molecule has 5 rings (SSSR count). The number of pyridine rings is 1. The third-order valence-electron chi connectivity index (χ3n) is 5.32. The van der Waals surface area contributed by atoms with E-state index in [4.69, 9.17) is 0 Å². The van der Waals surface area contributed by atoms with Crippen LogP contribution in [0.25, 0.3) is 10.9 Å². The van der Waals surface area contributed by atoms with Crippen molar-refractivity contribution in [1.82, 2.24) is 15.0 Å². The van der Waals surface area contributed by atoms with Gasteiger partial charge in [0.25, 0.3) is 5.91 Å². The first-order valence-electron chi connectivity index (χ1n) is 10.1. The number of amides is 1. The maximum absolute atomic E-state index is 13.0. The number of hydrogen-bond acceptors (Lipinski definition) is 5. The number of carbonyl (C=O) groups excluding carboxylic acids is 1. The van der Waals surface area contributed by atoms with Crippen LogP contribution in [0.15, 0.2) is 66.9 Å². The van der Waals surface area contributed by atoms with Crippen molar-refractivity contribution in [2.75, 3.05) is 16.8 Å². The Kier molecular flexibility index (Phi) is 4.59. The average Bonchev–Trinajstić information content (AvgIpc) is 2.78. The maximum Gasteiger partial charge on any atom is 0.274 e. The lowest BCUT2D eigenvalue weighted by molar-refractivity contribution is 0.102. The summed E-state index contributed by atoms with van der Waals surface area (Å²) in [4.78, 5) is 28.6. The van der Waals surface area contributed by atoms with Gasteiger partial charge in [0.15, 0.2) is 0 Å². The van der Waals surface area contributed by atoms with Crippen molar-refractivity contribution in [3.8, 4) is 0 Å². The number of nitrogens with zero attached hydrogens (tertiary/aromatic N) is 4. The van der Waals surface area contributed by atoms with Crippen LogP contribution in [-0.2, 0) is 6.42 Å². The van der Waals surface area contributed by atoms with E-state index in [9.17, 15) is 4.79 Å². The number of aromatic nitrogens is 3. The van der Waals surface area contributed by atoms with Crippen molar-refractivity contribution in [2.45, 2.75) is 19.8 Å². The average molecular weight is 395 g/mol. The molecule has 0 saturated carbocycles. The van der Waals surface area contributed by atoms with E-state index in [1.54, 1.807) is 12.3 Å². The van der Waals surface area contributed by atoms with Gasteiger partial charge in [-0.1, -0.05) is 36.4 Å². The summed E-state index contributed by atoms with van der Waals surface area (Å²) in [5, 5.41) is 3.94. The summed E-state index contributed by atoms with van der Waals surface area (Å²) >= 11 is 0. The standard InChI is InChI=1S/C24H21N5O/c1-16-26-20(24(30)28-19-11-4-8-18-9-5-13-25-23(18)19)15-22(27-16)29-14-6-10-17-7-2-3-12-21(17)29/h2-5,7-9,11-13,15H,6,10,14H2,1H3,(H,28,30). The SMILES string of the molecule is Cc1nc(C(=O)Nc2cccc3cccnc23)cc(N2CCCc3ccccc32)n1. The molecular weight excluding hydrogens is 374 g/mol. The molecule has 6 heteroatoms. The van der Waals surface area contributed by atoms with Crippen LogP contribution in [-0.4, -0.2) is 27.4 Å². The van der Waals surface area contributed by atoms with Crippen LogP contribution in [0.4, 0.5) is 17.2 Å². The Labute approximate surface area is 174 Å². The van der Waals surface area contributed by atoms with Crippen LogP contribution >= 0.6 is 0 Å². The lowest BCUT2D eigenvalue weighted by Gasteiger charge is -2.30. The van der Waals surface area contributed by atoms with Gasteiger partial charge in [0.2, 0.25) is 0 Å². The van der Waals surface area contributed by atoms with E-state index in [0.717, 1.165) is 41.8 Å². The zero-order chi connectivity index (χ0) is 20.5. The molecule has 0 radical (unpaired) electrons. The van der Waals surface area contributed by atoms with Crippen molar-refractivity contribution in [1.29, 1.82) is 0 Å². The minimum Gasteiger partial charge on any atom is -0.326 e.